The molecule has 1 unspecified atom stereocenters. The molecule has 1 amide bonds. The Labute approximate surface area is 150 Å². The first-order valence-corrected chi connectivity index (χ1v) is 9.49. The lowest BCUT2D eigenvalue weighted by Crippen LogP contribution is -2.45. The van der Waals surface area contributed by atoms with E-state index in [-0.39, 0.29) is 11.8 Å². The van der Waals surface area contributed by atoms with Gasteiger partial charge in [0.25, 0.3) is 0 Å². The van der Waals surface area contributed by atoms with Crippen LogP contribution in [0.4, 0.5) is 0 Å². The molecule has 1 aromatic rings. The minimum Gasteiger partial charge on any atom is -0.497 e. The van der Waals surface area contributed by atoms with Gasteiger partial charge < -0.3 is 20.1 Å². The fourth-order valence-corrected chi connectivity index (χ4v) is 3.56. The van der Waals surface area contributed by atoms with Gasteiger partial charge in [-0.2, -0.15) is 0 Å². The van der Waals surface area contributed by atoms with E-state index in [2.05, 4.69) is 22.3 Å². The normalized spacial score (nSPS) is 20.2. The van der Waals surface area contributed by atoms with Crippen molar-refractivity contribution in [3.63, 3.8) is 0 Å². The molecule has 1 heterocycles. The summed E-state index contributed by atoms with van der Waals surface area (Å²) in [5.74, 6) is 0.851. The fourth-order valence-electron chi connectivity index (χ4n) is 3.56. The molecule has 1 atom stereocenters. The lowest BCUT2D eigenvalue weighted by molar-refractivity contribution is -0.133. The van der Waals surface area contributed by atoms with Gasteiger partial charge in [-0.05, 0) is 81.8 Å². The molecule has 2 aliphatic rings. The van der Waals surface area contributed by atoms with E-state index in [0.717, 1.165) is 63.9 Å². The van der Waals surface area contributed by atoms with Crippen molar-refractivity contribution in [1.82, 2.24) is 10.2 Å². The molecule has 5 heteroatoms. The van der Waals surface area contributed by atoms with Crippen LogP contribution in [0, 0.1) is 5.92 Å². The molecule has 1 saturated carbocycles. The number of carbonyl (C=O) groups excluding carboxylic acids is 1. The summed E-state index contributed by atoms with van der Waals surface area (Å²) in [7, 11) is 1.70. The number of nitrogens with one attached hydrogen (secondary N) is 1. The topological polar surface area (TPSA) is 61.8 Å². The highest BCUT2D eigenvalue weighted by molar-refractivity contribution is 5.81. The Kier molecular flexibility index (Phi) is 6.32. The van der Waals surface area contributed by atoms with Gasteiger partial charge in [0.05, 0.1) is 7.11 Å². The van der Waals surface area contributed by atoms with Crippen LogP contribution in [0.3, 0.4) is 0 Å². The maximum atomic E-state index is 12.0. The predicted octanol–water partition coefficient (Wildman–Crippen LogP) is 1.98. The van der Waals surface area contributed by atoms with Crippen molar-refractivity contribution in [3.8, 4) is 5.75 Å². The number of rotatable bonds is 8. The number of nitrogens with zero attached hydrogens (tertiary/aromatic N) is 1. The number of amides is 1. The number of aliphatic hydroxyl groups is 1. The average Bonchev–Trinajstić information content (AvgIpc) is 3.46. The Bertz CT molecular complexity index is 566. The van der Waals surface area contributed by atoms with E-state index in [1.54, 1.807) is 7.11 Å². The van der Waals surface area contributed by atoms with Gasteiger partial charge in [0.15, 0.2) is 0 Å². The summed E-state index contributed by atoms with van der Waals surface area (Å²) in [5, 5.41) is 13.1. The first-order valence-electron chi connectivity index (χ1n) is 9.49. The minimum absolute atomic E-state index is 0.105. The third kappa shape index (κ3) is 5.44. The van der Waals surface area contributed by atoms with Crippen LogP contribution in [-0.2, 0) is 11.2 Å². The van der Waals surface area contributed by atoms with Gasteiger partial charge in [0, 0.05) is 6.04 Å². The van der Waals surface area contributed by atoms with Crippen LogP contribution in [0.15, 0.2) is 24.3 Å². The van der Waals surface area contributed by atoms with Gasteiger partial charge in [-0.15, -0.1) is 0 Å². The average molecular weight is 346 g/mol. The van der Waals surface area contributed by atoms with Crippen molar-refractivity contribution in [2.75, 3.05) is 26.7 Å². The minimum atomic E-state index is -0.834. The number of benzene rings is 1. The van der Waals surface area contributed by atoms with Crippen LogP contribution >= 0.6 is 0 Å². The van der Waals surface area contributed by atoms with Crippen LogP contribution in [0.25, 0.3) is 0 Å². The third-order valence-corrected chi connectivity index (χ3v) is 5.35. The van der Waals surface area contributed by atoms with Crippen LogP contribution < -0.4 is 10.1 Å². The van der Waals surface area contributed by atoms with Gasteiger partial charge >= 0.3 is 0 Å². The summed E-state index contributed by atoms with van der Waals surface area (Å²) in [6, 6.07) is 8.57. The Balaban J connectivity index is 1.35. The highest BCUT2D eigenvalue weighted by atomic mass is 16.5. The van der Waals surface area contributed by atoms with Crippen LogP contribution in [0.1, 0.15) is 37.7 Å². The molecule has 25 heavy (non-hydrogen) atoms. The van der Waals surface area contributed by atoms with Gasteiger partial charge in [-0.3, -0.25) is 4.79 Å². The number of piperidine rings is 1. The Morgan fingerprint density at radius 3 is 2.76 bits per heavy atom. The van der Waals surface area contributed by atoms with Gasteiger partial charge in [0.1, 0.15) is 11.9 Å². The summed E-state index contributed by atoms with van der Waals surface area (Å²) in [4.78, 5) is 14.4. The van der Waals surface area contributed by atoms with E-state index >= 15 is 0 Å². The van der Waals surface area contributed by atoms with E-state index in [1.165, 1.54) is 5.56 Å². The molecule has 5 nitrogen and oxygen atoms in total. The van der Waals surface area contributed by atoms with E-state index in [0.29, 0.717) is 6.04 Å². The number of hydrogen-bond donors (Lipinski definition) is 2. The van der Waals surface area contributed by atoms with Crippen LogP contribution in [-0.4, -0.2) is 54.8 Å². The highest BCUT2D eigenvalue weighted by Crippen LogP contribution is 2.24. The number of carbonyl (C=O) groups is 1. The fraction of sp³-hybridized carbons (Fsp3) is 0.650. The van der Waals surface area contributed by atoms with E-state index in [1.807, 2.05) is 12.1 Å². The second-order valence-electron chi connectivity index (χ2n) is 7.36. The van der Waals surface area contributed by atoms with Crippen molar-refractivity contribution >= 4 is 5.91 Å². The van der Waals surface area contributed by atoms with Gasteiger partial charge in [-0.25, -0.2) is 0 Å². The molecule has 1 aliphatic carbocycles. The van der Waals surface area contributed by atoms with Gasteiger partial charge in [-0.1, -0.05) is 12.1 Å². The van der Waals surface area contributed by atoms with E-state index in [9.17, 15) is 9.90 Å². The SMILES string of the molecule is COc1cccc(CCCN2CCC(C(O)C(=O)NC3CC3)CC2)c1. The first kappa shape index (κ1) is 18.2. The number of methoxy groups -OCH3 is 1. The monoisotopic (exact) mass is 346 g/mol. The predicted molar refractivity (Wildman–Crippen MR) is 97.7 cm³/mol. The summed E-state index contributed by atoms with van der Waals surface area (Å²) in [6.07, 6.45) is 5.25. The zero-order valence-electron chi connectivity index (χ0n) is 15.1. The van der Waals surface area contributed by atoms with Crippen molar-refractivity contribution < 1.29 is 14.6 Å². The van der Waals surface area contributed by atoms with Crippen LogP contribution in [0.2, 0.25) is 0 Å². The van der Waals surface area contributed by atoms with Crippen molar-refractivity contribution in [3.05, 3.63) is 29.8 Å². The number of hydrogen-bond acceptors (Lipinski definition) is 4. The Hall–Kier alpha value is -1.59. The first-order chi connectivity index (χ1) is 12.2. The van der Waals surface area contributed by atoms with Crippen molar-refractivity contribution in [1.29, 1.82) is 0 Å². The summed E-state index contributed by atoms with van der Waals surface area (Å²) in [5.41, 5.74) is 1.31. The zero-order valence-corrected chi connectivity index (χ0v) is 15.1. The number of ether oxygens (including phenoxy) is 1. The third-order valence-electron chi connectivity index (χ3n) is 5.35. The molecule has 138 valence electrons. The Morgan fingerprint density at radius 1 is 1.32 bits per heavy atom. The molecule has 1 saturated heterocycles. The maximum absolute atomic E-state index is 12.0. The highest BCUT2D eigenvalue weighted by Gasteiger charge is 2.32. The number of aryl methyl sites for hydroxylation is 1. The number of aliphatic hydroxyl groups excluding tert-OH is 1. The second kappa shape index (κ2) is 8.68. The molecular formula is C20H30N2O3. The number of likely N-dealkylation sites (tertiary alicyclic amines) is 1. The molecule has 1 aromatic carbocycles. The Morgan fingerprint density at radius 2 is 2.08 bits per heavy atom. The smallest absolute Gasteiger partial charge is 0.249 e. The lowest BCUT2D eigenvalue weighted by atomic mass is 9.90. The second-order valence-corrected chi connectivity index (χ2v) is 7.36. The van der Waals surface area contributed by atoms with Crippen molar-refractivity contribution in [2.45, 2.75) is 50.7 Å². The molecule has 0 spiro atoms. The molecule has 1 aliphatic heterocycles. The molecule has 0 aromatic heterocycles. The molecular weight excluding hydrogens is 316 g/mol. The van der Waals surface area contributed by atoms with E-state index in [4.69, 9.17) is 4.74 Å². The standard InChI is InChI=1S/C20H30N2O3/c1-25-18-6-2-4-15(14-18)5-3-11-22-12-9-16(10-13-22)19(23)20(24)21-17-7-8-17/h2,4,6,14,16-17,19,23H,3,5,7-13H2,1H3,(H,21,24). The molecule has 0 radical (unpaired) electrons. The quantitative estimate of drug-likeness (QED) is 0.756. The summed E-state index contributed by atoms with van der Waals surface area (Å²) < 4.78 is 5.27. The maximum Gasteiger partial charge on any atom is 0.249 e. The molecule has 0 bridgehead atoms. The summed E-state index contributed by atoms with van der Waals surface area (Å²) >= 11 is 0. The molecule has 2 N–H and O–H groups in total. The molecule has 2 fully saturated rings. The largest absolute Gasteiger partial charge is 0.497 e. The lowest BCUT2D eigenvalue weighted by Gasteiger charge is -2.33. The van der Waals surface area contributed by atoms with Crippen LogP contribution in [0.5, 0.6) is 5.75 Å². The summed E-state index contributed by atoms with van der Waals surface area (Å²) in [6.45, 7) is 3.00. The van der Waals surface area contributed by atoms with E-state index < -0.39 is 6.10 Å². The molecule has 3 rings (SSSR count). The zero-order chi connectivity index (χ0) is 17.6. The van der Waals surface area contributed by atoms with Gasteiger partial charge in [0.2, 0.25) is 5.91 Å². The van der Waals surface area contributed by atoms with Crippen molar-refractivity contribution in [2.24, 2.45) is 5.92 Å².